The van der Waals surface area contributed by atoms with Crippen LogP contribution in [0.4, 0.5) is 22.5 Å². The average molecular weight is 511 g/mol. The summed E-state index contributed by atoms with van der Waals surface area (Å²) >= 11 is 3.09. The van der Waals surface area contributed by atoms with Gasteiger partial charge in [-0.2, -0.15) is 0 Å². The first-order valence-corrected chi connectivity index (χ1v) is 13.6. The first-order valence-electron chi connectivity index (χ1n) is 12.0. The Labute approximate surface area is 213 Å². The van der Waals surface area contributed by atoms with E-state index in [4.69, 9.17) is 14.7 Å². The second kappa shape index (κ2) is 10.5. The van der Waals surface area contributed by atoms with Crippen molar-refractivity contribution in [1.29, 1.82) is 0 Å². The van der Waals surface area contributed by atoms with E-state index in [1.165, 1.54) is 11.8 Å². The number of anilines is 4. The molecule has 1 saturated heterocycles. The van der Waals surface area contributed by atoms with Crippen LogP contribution in [0.1, 0.15) is 38.0 Å². The zero-order valence-corrected chi connectivity index (χ0v) is 21.8. The van der Waals surface area contributed by atoms with Crippen LogP contribution < -0.4 is 15.5 Å². The van der Waals surface area contributed by atoms with Gasteiger partial charge in [-0.1, -0.05) is 0 Å². The highest BCUT2D eigenvalue weighted by molar-refractivity contribution is 7.99. The standard InChI is InChI=1S/C25H30N6O2S2/c1-15(2)33-19-10-11-31(14-19)22-12-21(28-24-26-13-16(3)34-24)29-25(30-22)35-20-8-6-18(7-9-20)27-23(32)17-4-5-17/h6-9,12-13,15,17,19H,4-5,10-11,14H2,1-3H3,(H,27,32)(H,26,28,29,30)/t19-/m0/s1. The minimum Gasteiger partial charge on any atom is -0.374 e. The van der Waals surface area contributed by atoms with Gasteiger partial charge in [0.2, 0.25) is 5.91 Å². The molecule has 1 aromatic carbocycles. The van der Waals surface area contributed by atoms with Gasteiger partial charge in [0, 0.05) is 46.7 Å². The fraction of sp³-hybridized carbons (Fsp3) is 0.440. The lowest BCUT2D eigenvalue weighted by Gasteiger charge is -2.20. The first kappa shape index (κ1) is 24.0. The Morgan fingerprint density at radius 1 is 1.20 bits per heavy atom. The van der Waals surface area contributed by atoms with Gasteiger partial charge >= 0.3 is 0 Å². The van der Waals surface area contributed by atoms with E-state index in [9.17, 15) is 4.79 Å². The summed E-state index contributed by atoms with van der Waals surface area (Å²) in [6.45, 7) is 7.88. The molecule has 0 spiro atoms. The second-order valence-electron chi connectivity index (χ2n) is 9.23. The summed E-state index contributed by atoms with van der Waals surface area (Å²) in [7, 11) is 0. The largest absolute Gasteiger partial charge is 0.374 e. The lowest BCUT2D eigenvalue weighted by molar-refractivity contribution is -0.117. The van der Waals surface area contributed by atoms with Crippen molar-refractivity contribution in [2.75, 3.05) is 28.6 Å². The van der Waals surface area contributed by atoms with Crippen LogP contribution in [0.25, 0.3) is 0 Å². The van der Waals surface area contributed by atoms with E-state index in [-0.39, 0.29) is 24.0 Å². The molecule has 0 bridgehead atoms. The summed E-state index contributed by atoms with van der Waals surface area (Å²) < 4.78 is 6.03. The van der Waals surface area contributed by atoms with E-state index in [1.54, 1.807) is 11.3 Å². The zero-order valence-electron chi connectivity index (χ0n) is 20.2. The number of amides is 1. The summed E-state index contributed by atoms with van der Waals surface area (Å²) in [4.78, 5) is 30.5. The number of carbonyl (C=O) groups excluding carboxylic acids is 1. The third kappa shape index (κ3) is 6.50. The van der Waals surface area contributed by atoms with E-state index in [0.717, 1.165) is 58.8 Å². The molecule has 3 heterocycles. The molecule has 10 heteroatoms. The molecular formula is C25H30N6O2S2. The summed E-state index contributed by atoms with van der Waals surface area (Å²) in [5, 5.41) is 7.79. The van der Waals surface area contributed by atoms with E-state index >= 15 is 0 Å². The number of carbonyl (C=O) groups is 1. The predicted molar refractivity (Wildman–Crippen MR) is 141 cm³/mol. The first-order chi connectivity index (χ1) is 16.9. The zero-order chi connectivity index (χ0) is 24.4. The molecule has 0 radical (unpaired) electrons. The number of ether oxygens (including phenoxy) is 1. The van der Waals surface area contributed by atoms with Gasteiger partial charge in [-0.25, -0.2) is 15.0 Å². The number of aryl methyl sites for hydroxylation is 1. The van der Waals surface area contributed by atoms with E-state index in [2.05, 4.69) is 34.4 Å². The number of rotatable bonds is 9. The van der Waals surface area contributed by atoms with E-state index in [0.29, 0.717) is 11.0 Å². The minimum absolute atomic E-state index is 0.111. The number of nitrogens with one attached hydrogen (secondary N) is 2. The smallest absolute Gasteiger partial charge is 0.227 e. The highest BCUT2D eigenvalue weighted by Crippen LogP contribution is 2.33. The second-order valence-corrected chi connectivity index (χ2v) is 11.5. The SMILES string of the molecule is Cc1cnc(Nc2cc(N3CC[C@H](OC(C)C)C3)nc(Sc3ccc(NC(=O)C4CC4)cc3)n2)s1. The number of nitrogens with zero attached hydrogens (tertiary/aromatic N) is 4. The van der Waals surface area contributed by atoms with Crippen LogP contribution in [0, 0.1) is 12.8 Å². The van der Waals surface area contributed by atoms with Crippen LogP contribution in [0.15, 0.2) is 46.6 Å². The van der Waals surface area contributed by atoms with Crippen molar-refractivity contribution in [1.82, 2.24) is 15.0 Å². The van der Waals surface area contributed by atoms with Gasteiger partial charge < -0.3 is 20.3 Å². The maximum Gasteiger partial charge on any atom is 0.227 e. The van der Waals surface area contributed by atoms with Crippen molar-refractivity contribution < 1.29 is 9.53 Å². The number of hydrogen-bond acceptors (Lipinski definition) is 9. The lowest BCUT2D eigenvalue weighted by atomic mass is 10.3. The van der Waals surface area contributed by atoms with Crippen LogP contribution in [0.2, 0.25) is 0 Å². The Hall–Kier alpha value is -2.69. The Morgan fingerprint density at radius 3 is 2.69 bits per heavy atom. The average Bonchev–Trinajstić information content (AvgIpc) is 3.45. The quantitative estimate of drug-likeness (QED) is 0.365. The maximum atomic E-state index is 12.0. The van der Waals surface area contributed by atoms with E-state index < -0.39 is 0 Å². The monoisotopic (exact) mass is 510 g/mol. The van der Waals surface area contributed by atoms with Crippen molar-refractivity contribution in [3.8, 4) is 0 Å². The van der Waals surface area contributed by atoms with Crippen molar-refractivity contribution in [2.24, 2.45) is 5.92 Å². The van der Waals surface area contributed by atoms with Crippen LogP contribution in [0.3, 0.4) is 0 Å². The maximum absolute atomic E-state index is 12.0. The van der Waals surface area contributed by atoms with Crippen molar-refractivity contribution in [2.45, 2.75) is 62.3 Å². The van der Waals surface area contributed by atoms with Crippen LogP contribution >= 0.6 is 23.1 Å². The third-order valence-electron chi connectivity index (χ3n) is 5.76. The molecule has 1 saturated carbocycles. The fourth-order valence-corrected chi connectivity index (χ4v) is 5.38. The van der Waals surface area contributed by atoms with E-state index in [1.807, 2.05) is 43.5 Å². The topological polar surface area (TPSA) is 92.3 Å². The van der Waals surface area contributed by atoms with Gasteiger partial charge in [0.1, 0.15) is 11.6 Å². The summed E-state index contributed by atoms with van der Waals surface area (Å²) in [6.07, 6.45) is 5.23. The molecule has 2 aliphatic rings. The Morgan fingerprint density at radius 2 is 2.00 bits per heavy atom. The highest BCUT2D eigenvalue weighted by Gasteiger charge is 2.29. The number of hydrogen-bond donors (Lipinski definition) is 2. The number of thiazole rings is 1. The van der Waals surface area contributed by atoms with Crippen molar-refractivity contribution >= 4 is 51.5 Å². The van der Waals surface area contributed by atoms with Crippen LogP contribution in [-0.4, -0.2) is 46.2 Å². The number of aromatic nitrogens is 3. The summed E-state index contributed by atoms with van der Waals surface area (Å²) in [6, 6.07) is 9.82. The molecule has 1 aliphatic heterocycles. The van der Waals surface area contributed by atoms with Crippen molar-refractivity contribution in [3.63, 3.8) is 0 Å². The molecule has 184 valence electrons. The summed E-state index contributed by atoms with van der Waals surface area (Å²) in [5.41, 5.74) is 0.815. The van der Waals surface area contributed by atoms with Gasteiger partial charge in [0.25, 0.3) is 0 Å². The molecule has 2 N–H and O–H groups in total. The van der Waals surface area contributed by atoms with Gasteiger partial charge in [0.05, 0.1) is 12.2 Å². The number of benzene rings is 1. The van der Waals surface area contributed by atoms with Crippen molar-refractivity contribution in [3.05, 3.63) is 41.4 Å². The molecule has 8 nitrogen and oxygen atoms in total. The lowest BCUT2D eigenvalue weighted by Crippen LogP contribution is -2.25. The third-order valence-corrected chi connectivity index (χ3v) is 7.46. The van der Waals surface area contributed by atoms with Gasteiger partial charge in [0.15, 0.2) is 10.3 Å². The molecule has 2 fully saturated rings. The normalized spacial score (nSPS) is 17.7. The molecule has 35 heavy (non-hydrogen) atoms. The summed E-state index contributed by atoms with van der Waals surface area (Å²) in [5.74, 6) is 1.89. The Kier molecular flexibility index (Phi) is 7.22. The van der Waals surface area contributed by atoms with Crippen LogP contribution in [0.5, 0.6) is 0 Å². The Balaban J connectivity index is 1.34. The molecule has 1 aliphatic carbocycles. The molecule has 1 amide bonds. The van der Waals surface area contributed by atoms with Gasteiger partial charge in [-0.3, -0.25) is 4.79 Å². The van der Waals surface area contributed by atoms with Gasteiger partial charge in [-0.15, -0.1) is 11.3 Å². The minimum atomic E-state index is 0.111. The molecular weight excluding hydrogens is 480 g/mol. The van der Waals surface area contributed by atoms with Gasteiger partial charge in [-0.05, 0) is 76.1 Å². The Bertz CT molecular complexity index is 1180. The molecule has 2 aromatic heterocycles. The molecule has 5 rings (SSSR count). The predicted octanol–water partition coefficient (Wildman–Crippen LogP) is 5.49. The molecule has 0 unspecified atom stereocenters. The molecule has 3 aromatic rings. The highest BCUT2D eigenvalue weighted by atomic mass is 32.2. The molecule has 1 atom stereocenters. The fourth-order valence-electron chi connectivity index (χ4n) is 3.94. The van der Waals surface area contributed by atoms with Crippen LogP contribution in [-0.2, 0) is 9.53 Å².